The molecule has 2 aliphatic heterocycles. The lowest BCUT2D eigenvalue weighted by atomic mass is 10.1. The number of aromatic nitrogens is 2. The molecule has 0 radical (unpaired) electrons. The maximum absolute atomic E-state index is 6.05. The summed E-state index contributed by atoms with van der Waals surface area (Å²) in [6.45, 7) is 4.21. The van der Waals surface area contributed by atoms with Crippen molar-refractivity contribution >= 4 is 11.8 Å². The molecule has 0 spiro atoms. The van der Waals surface area contributed by atoms with E-state index in [9.17, 15) is 0 Å². The van der Waals surface area contributed by atoms with Gasteiger partial charge < -0.3 is 24.0 Å². The van der Waals surface area contributed by atoms with E-state index < -0.39 is 0 Å². The van der Waals surface area contributed by atoms with E-state index in [1.54, 1.807) is 13.3 Å². The molecule has 0 bridgehead atoms. The Morgan fingerprint density at radius 2 is 1.38 bits per heavy atom. The van der Waals surface area contributed by atoms with Gasteiger partial charge in [0.25, 0.3) is 0 Å². The predicted octanol–water partition coefficient (Wildman–Crippen LogP) is 3.64. The van der Waals surface area contributed by atoms with Crippen LogP contribution >= 0.6 is 0 Å². The van der Waals surface area contributed by atoms with Crippen LogP contribution in [0.1, 0.15) is 23.3 Å². The van der Waals surface area contributed by atoms with E-state index in [2.05, 4.69) is 39.0 Å². The first-order chi connectivity index (χ1) is 15.8. The number of methoxy groups -OCH3 is 1. The summed E-state index contributed by atoms with van der Waals surface area (Å²) >= 11 is 0. The summed E-state index contributed by atoms with van der Waals surface area (Å²) in [6, 6.07) is 20.6. The number of nitrogens with zero attached hydrogens (tertiary/aromatic N) is 4. The first-order valence-electron chi connectivity index (χ1n) is 11.1. The van der Waals surface area contributed by atoms with Gasteiger partial charge in [0.2, 0.25) is 5.95 Å². The summed E-state index contributed by atoms with van der Waals surface area (Å²) in [4.78, 5) is 14.0. The Morgan fingerprint density at radius 3 is 1.97 bits per heavy atom. The molecule has 166 valence electrons. The lowest BCUT2D eigenvalue weighted by Crippen LogP contribution is -2.41. The molecule has 3 aromatic rings. The molecule has 2 aliphatic rings. The number of hydrogen-bond acceptors (Lipinski definition) is 7. The minimum absolute atomic E-state index is 0.00100. The van der Waals surface area contributed by atoms with Crippen LogP contribution in [-0.4, -0.2) is 56.5 Å². The molecular formula is C25H28N4O3. The van der Waals surface area contributed by atoms with Gasteiger partial charge in [0, 0.05) is 19.6 Å². The van der Waals surface area contributed by atoms with Crippen molar-refractivity contribution in [3.05, 3.63) is 78.0 Å². The van der Waals surface area contributed by atoms with Crippen LogP contribution in [0.3, 0.4) is 0 Å². The van der Waals surface area contributed by atoms with Gasteiger partial charge in [0.05, 0.1) is 33.1 Å². The molecular weight excluding hydrogens is 404 g/mol. The lowest BCUT2D eigenvalue weighted by molar-refractivity contribution is 0.0386. The topological polar surface area (TPSA) is 60.0 Å². The zero-order valence-electron chi connectivity index (χ0n) is 18.3. The molecule has 5 rings (SSSR count). The fraction of sp³-hybridized carbons (Fsp3) is 0.360. The van der Waals surface area contributed by atoms with Crippen LogP contribution in [0.25, 0.3) is 0 Å². The van der Waals surface area contributed by atoms with Gasteiger partial charge in [-0.15, -0.1) is 0 Å². The fourth-order valence-electron chi connectivity index (χ4n) is 4.29. The van der Waals surface area contributed by atoms with Crippen molar-refractivity contribution in [2.75, 3.05) is 56.3 Å². The summed E-state index contributed by atoms with van der Waals surface area (Å²) in [7, 11) is 1.66. The standard InChI is InChI=1S/C25H28N4O3/c1-30-21-16-26-25(29-13-15-32-23(18-29)20-10-6-3-7-11-20)27-24(21)28-12-14-31-22(17-28)19-8-4-2-5-9-19/h2-11,16,22-23H,12-15,17-18H2,1H3/t22-,23+/m1/s1. The summed E-state index contributed by atoms with van der Waals surface area (Å²) in [5, 5.41) is 0. The van der Waals surface area contributed by atoms with E-state index in [1.807, 2.05) is 36.4 Å². The van der Waals surface area contributed by atoms with Gasteiger partial charge in [-0.1, -0.05) is 60.7 Å². The number of anilines is 2. The number of benzene rings is 2. The van der Waals surface area contributed by atoms with Gasteiger partial charge in [0.1, 0.15) is 12.2 Å². The van der Waals surface area contributed by atoms with Crippen molar-refractivity contribution in [3.63, 3.8) is 0 Å². The molecule has 32 heavy (non-hydrogen) atoms. The van der Waals surface area contributed by atoms with Gasteiger partial charge in [-0.25, -0.2) is 4.98 Å². The molecule has 0 unspecified atom stereocenters. The van der Waals surface area contributed by atoms with Gasteiger partial charge in [-0.05, 0) is 11.1 Å². The molecule has 0 saturated carbocycles. The molecule has 1 aromatic heterocycles. The van der Waals surface area contributed by atoms with Crippen LogP contribution in [0, 0.1) is 0 Å². The van der Waals surface area contributed by atoms with E-state index in [0.717, 1.165) is 18.9 Å². The van der Waals surface area contributed by atoms with E-state index in [1.165, 1.54) is 11.1 Å². The predicted molar refractivity (Wildman–Crippen MR) is 123 cm³/mol. The highest BCUT2D eigenvalue weighted by molar-refractivity contribution is 5.55. The van der Waals surface area contributed by atoms with Crippen LogP contribution < -0.4 is 14.5 Å². The molecule has 2 atom stereocenters. The number of morpholine rings is 2. The number of ether oxygens (including phenoxy) is 3. The molecule has 2 fully saturated rings. The Morgan fingerprint density at radius 1 is 0.812 bits per heavy atom. The van der Waals surface area contributed by atoms with Gasteiger partial charge in [0.15, 0.2) is 11.6 Å². The molecule has 2 saturated heterocycles. The van der Waals surface area contributed by atoms with Crippen LogP contribution in [0.2, 0.25) is 0 Å². The van der Waals surface area contributed by atoms with Gasteiger partial charge in [-0.3, -0.25) is 0 Å². The fourth-order valence-corrected chi connectivity index (χ4v) is 4.29. The minimum Gasteiger partial charge on any atom is -0.491 e. The van der Waals surface area contributed by atoms with Crippen molar-refractivity contribution in [3.8, 4) is 5.75 Å². The van der Waals surface area contributed by atoms with Crippen LogP contribution in [0.4, 0.5) is 11.8 Å². The zero-order chi connectivity index (χ0) is 21.8. The zero-order valence-corrected chi connectivity index (χ0v) is 18.3. The van der Waals surface area contributed by atoms with Crippen LogP contribution in [0.5, 0.6) is 5.75 Å². The monoisotopic (exact) mass is 432 g/mol. The lowest BCUT2D eigenvalue weighted by Gasteiger charge is -2.36. The van der Waals surface area contributed by atoms with Crippen molar-refractivity contribution in [2.24, 2.45) is 0 Å². The van der Waals surface area contributed by atoms with Crippen molar-refractivity contribution in [1.29, 1.82) is 0 Å². The van der Waals surface area contributed by atoms with E-state index in [0.29, 0.717) is 38.0 Å². The third-order valence-electron chi connectivity index (χ3n) is 6.00. The first kappa shape index (κ1) is 20.7. The highest BCUT2D eigenvalue weighted by Gasteiger charge is 2.28. The molecule has 0 amide bonds. The smallest absolute Gasteiger partial charge is 0.227 e. The molecule has 7 nitrogen and oxygen atoms in total. The summed E-state index contributed by atoms with van der Waals surface area (Å²) in [5.74, 6) is 2.19. The Balaban J connectivity index is 1.38. The van der Waals surface area contributed by atoms with Crippen molar-refractivity contribution in [1.82, 2.24) is 9.97 Å². The van der Waals surface area contributed by atoms with E-state index in [4.69, 9.17) is 19.2 Å². The first-order valence-corrected chi connectivity index (χ1v) is 11.1. The molecule has 3 heterocycles. The Labute approximate surface area is 188 Å². The third-order valence-corrected chi connectivity index (χ3v) is 6.00. The molecule has 0 aliphatic carbocycles. The van der Waals surface area contributed by atoms with E-state index >= 15 is 0 Å². The Kier molecular flexibility index (Phi) is 6.18. The van der Waals surface area contributed by atoms with E-state index in [-0.39, 0.29) is 12.2 Å². The average Bonchev–Trinajstić information content (AvgIpc) is 2.89. The summed E-state index contributed by atoms with van der Waals surface area (Å²) in [5.41, 5.74) is 2.34. The highest BCUT2D eigenvalue weighted by atomic mass is 16.5. The molecule has 2 aromatic carbocycles. The van der Waals surface area contributed by atoms with Gasteiger partial charge >= 0.3 is 0 Å². The van der Waals surface area contributed by atoms with Crippen molar-refractivity contribution < 1.29 is 14.2 Å². The Hall–Kier alpha value is -3.16. The quantitative estimate of drug-likeness (QED) is 0.610. The third kappa shape index (κ3) is 4.40. The summed E-state index contributed by atoms with van der Waals surface area (Å²) in [6.07, 6.45) is 1.78. The maximum Gasteiger partial charge on any atom is 0.227 e. The normalized spacial score (nSPS) is 21.4. The second kappa shape index (κ2) is 9.54. The number of rotatable bonds is 5. The number of hydrogen-bond donors (Lipinski definition) is 0. The second-order valence-electron chi connectivity index (χ2n) is 7.99. The Bertz CT molecular complexity index is 1020. The summed E-state index contributed by atoms with van der Waals surface area (Å²) < 4.78 is 17.7. The SMILES string of the molecule is COc1cnc(N2CCO[C@H](c3ccccc3)C2)nc1N1CCO[C@@H](c2ccccc2)C1. The van der Waals surface area contributed by atoms with Crippen LogP contribution in [-0.2, 0) is 9.47 Å². The highest BCUT2D eigenvalue weighted by Crippen LogP contribution is 2.33. The largest absolute Gasteiger partial charge is 0.491 e. The maximum atomic E-state index is 6.05. The second-order valence-corrected chi connectivity index (χ2v) is 7.99. The van der Waals surface area contributed by atoms with Crippen molar-refractivity contribution in [2.45, 2.75) is 12.2 Å². The minimum atomic E-state index is -0.00100. The van der Waals surface area contributed by atoms with Gasteiger partial charge in [-0.2, -0.15) is 4.98 Å². The van der Waals surface area contributed by atoms with Crippen LogP contribution in [0.15, 0.2) is 66.9 Å². The average molecular weight is 433 g/mol. The molecule has 0 N–H and O–H groups in total. The molecule has 7 heteroatoms.